The van der Waals surface area contributed by atoms with E-state index in [0.717, 1.165) is 23.4 Å². The Balaban J connectivity index is 1.63. The number of aromatic nitrogens is 2. The van der Waals surface area contributed by atoms with Gasteiger partial charge < -0.3 is 4.74 Å². The maximum Gasteiger partial charge on any atom is 0.271 e. The Bertz CT molecular complexity index is 1430. The molecule has 0 bridgehead atoms. The van der Waals surface area contributed by atoms with Crippen LogP contribution in [0, 0.1) is 17.1 Å². The normalized spacial score (nSPS) is 19.3. The highest BCUT2D eigenvalue weighted by Gasteiger charge is 2.37. The first-order valence-corrected chi connectivity index (χ1v) is 11.7. The second kappa shape index (κ2) is 9.72. The van der Waals surface area contributed by atoms with Crippen molar-refractivity contribution in [3.8, 4) is 23.0 Å². The molecule has 8 heteroatoms. The van der Waals surface area contributed by atoms with Gasteiger partial charge in [0.2, 0.25) is 0 Å². The van der Waals surface area contributed by atoms with Gasteiger partial charge in [-0.3, -0.25) is 14.5 Å². The minimum Gasteiger partial charge on any atom is -0.376 e. The van der Waals surface area contributed by atoms with Crippen LogP contribution in [0.15, 0.2) is 77.5 Å². The first-order valence-electron chi connectivity index (χ1n) is 11.7. The predicted octanol–water partition coefficient (Wildman–Crippen LogP) is 4.45. The molecule has 3 aromatic rings. The number of halogens is 1. The molecular weight excluding hydrogens is 459 g/mol. The van der Waals surface area contributed by atoms with Gasteiger partial charge in [-0.1, -0.05) is 18.2 Å². The quantitative estimate of drug-likeness (QED) is 0.396. The van der Waals surface area contributed by atoms with E-state index in [-0.39, 0.29) is 29.6 Å². The molecule has 5 rings (SSSR count). The Morgan fingerprint density at radius 2 is 1.89 bits per heavy atom. The van der Waals surface area contributed by atoms with Crippen LogP contribution < -0.4 is 0 Å². The van der Waals surface area contributed by atoms with Crippen LogP contribution in [0.5, 0.6) is 0 Å². The molecule has 1 unspecified atom stereocenters. The molecule has 2 amide bonds. The van der Waals surface area contributed by atoms with E-state index < -0.39 is 11.8 Å². The largest absolute Gasteiger partial charge is 0.376 e. The van der Waals surface area contributed by atoms with Crippen molar-refractivity contribution in [3.63, 3.8) is 0 Å². The number of carbonyl (C=O) groups excluding carboxylic acids is 2. The summed E-state index contributed by atoms with van der Waals surface area (Å²) in [5.41, 5.74) is 3.08. The zero-order valence-corrected chi connectivity index (χ0v) is 19.6. The van der Waals surface area contributed by atoms with Gasteiger partial charge in [0.05, 0.1) is 24.0 Å². The topological polar surface area (TPSA) is 88.2 Å². The number of nitrogens with zero attached hydrogens (tertiary/aromatic N) is 4. The minimum absolute atomic E-state index is 0.0716. The molecule has 1 aromatic heterocycles. The molecule has 2 aliphatic heterocycles. The summed E-state index contributed by atoms with van der Waals surface area (Å²) < 4.78 is 20.9. The van der Waals surface area contributed by atoms with Crippen LogP contribution >= 0.6 is 0 Å². The van der Waals surface area contributed by atoms with E-state index in [1.807, 2.05) is 36.4 Å². The summed E-state index contributed by atoms with van der Waals surface area (Å²) in [5, 5.41) is 14.4. The van der Waals surface area contributed by atoms with Gasteiger partial charge in [0.25, 0.3) is 11.8 Å². The van der Waals surface area contributed by atoms with Crippen molar-refractivity contribution < 1.29 is 18.7 Å². The predicted molar refractivity (Wildman–Crippen MR) is 131 cm³/mol. The lowest BCUT2D eigenvalue weighted by atomic mass is 9.93. The third-order valence-corrected chi connectivity index (χ3v) is 6.42. The summed E-state index contributed by atoms with van der Waals surface area (Å²) in [7, 11) is 0. The van der Waals surface area contributed by atoms with E-state index in [0.29, 0.717) is 29.0 Å². The fraction of sp³-hybridized carbons (Fsp3) is 0.214. The van der Waals surface area contributed by atoms with Crippen molar-refractivity contribution in [2.24, 2.45) is 0 Å². The standard InChI is InChI=1S/C28H23FN4O3/c1-18-24(27(34)32(28(35)25(18)15-30)17-23-8-5-13-36-23)14-20-16-33(22-6-3-2-4-7-22)31-26(20)19-9-11-21(29)12-10-19/h2-4,6-7,9-12,14,16,23H,5,8,13,17H2,1H3/b24-14+. The van der Waals surface area contributed by atoms with Crippen molar-refractivity contribution in [1.82, 2.24) is 14.7 Å². The summed E-state index contributed by atoms with van der Waals surface area (Å²) >= 11 is 0. The maximum absolute atomic E-state index is 13.6. The molecule has 0 N–H and O–H groups in total. The number of para-hydroxylation sites is 1. The molecule has 2 aromatic carbocycles. The summed E-state index contributed by atoms with van der Waals surface area (Å²) in [5.74, 6) is -1.46. The van der Waals surface area contributed by atoms with Crippen LogP contribution in [0.1, 0.15) is 25.3 Å². The highest BCUT2D eigenvalue weighted by atomic mass is 19.1. The van der Waals surface area contributed by atoms with Crippen LogP contribution in [0.2, 0.25) is 0 Å². The number of nitriles is 1. The number of carbonyl (C=O) groups is 2. The Morgan fingerprint density at radius 3 is 2.56 bits per heavy atom. The van der Waals surface area contributed by atoms with E-state index in [1.165, 1.54) is 12.1 Å². The van der Waals surface area contributed by atoms with E-state index >= 15 is 0 Å². The van der Waals surface area contributed by atoms with Gasteiger partial charge in [0.1, 0.15) is 17.5 Å². The van der Waals surface area contributed by atoms with Gasteiger partial charge in [-0.15, -0.1) is 0 Å². The highest BCUT2D eigenvalue weighted by Crippen LogP contribution is 2.32. The van der Waals surface area contributed by atoms with Crippen LogP contribution in [-0.2, 0) is 14.3 Å². The van der Waals surface area contributed by atoms with Crippen molar-refractivity contribution in [2.45, 2.75) is 25.9 Å². The molecule has 2 aliphatic rings. The van der Waals surface area contributed by atoms with Gasteiger partial charge in [-0.05, 0) is 67.8 Å². The summed E-state index contributed by atoms with van der Waals surface area (Å²) in [6.45, 7) is 2.29. The first kappa shape index (κ1) is 23.4. The number of ether oxygens (including phenoxy) is 1. The maximum atomic E-state index is 13.6. The third kappa shape index (κ3) is 4.37. The first-order chi connectivity index (χ1) is 17.5. The van der Waals surface area contributed by atoms with E-state index in [4.69, 9.17) is 9.84 Å². The SMILES string of the molecule is CC1=C(C#N)C(=O)N(CC2CCCO2)C(=O)/C1=C/c1cn(-c2ccccc2)nc1-c1ccc(F)cc1. The lowest BCUT2D eigenvalue weighted by molar-refractivity contribution is -0.142. The van der Waals surface area contributed by atoms with Crippen molar-refractivity contribution >= 4 is 17.9 Å². The Labute approximate surface area is 207 Å². The summed E-state index contributed by atoms with van der Waals surface area (Å²) in [6.07, 6.45) is 4.79. The number of imide groups is 1. The number of rotatable bonds is 5. The average Bonchev–Trinajstić information content (AvgIpc) is 3.56. The smallest absolute Gasteiger partial charge is 0.271 e. The van der Waals surface area contributed by atoms with Gasteiger partial charge in [0.15, 0.2) is 0 Å². The third-order valence-electron chi connectivity index (χ3n) is 6.42. The summed E-state index contributed by atoms with van der Waals surface area (Å²) in [4.78, 5) is 27.6. The fourth-order valence-electron chi connectivity index (χ4n) is 4.48. The van der Waals surface area contributed by atoms with Crippen molar-refractivity contribution in [1.29, 1.82) is 5.26 Å². The number of benzene rings is 2. The van der Waals surface area contributed by atoms with Crippen LogP contribution in [0.25, 0.3) is 23.0 Å². The van der Waals surface area contributed by atoms with E-state index in [2.05, 4.69) is 0 Å². The molecule has 0 spiro atoms. The van der Waals surface area contributed by atoms with Gasteiger partial charge in [-0.2, -0.15) is 10.4 Å². The van der Waals surface area contributed by atoms with Crippen LogP contribution in [-0.4, -0.2) is 45.8 Å². The zero-order chi connectivity index (χ0) is 25.2. The molecule has 1 saturated heterocycles. The average molecular weight is 483 g/mol. The molecule has 1 atom stereocenters. The molecule has 3 heterocycles. The monoisotopic (exact) mass is 482 g/mol. The molecule has 0 saturated carbocycles. The Kier molecular flexibility index (Phi) is 6.32. The Morgan fingerprint density at radius 1 is 1.14 bits per heavy atom. The van der Waals surface area contributed by atoms with E-state index in [9.17, 15) is 19.2 Å². The van der Waals surface area contributed by atoms with Gasteiger partial charge >= 0.3 is 0 Å². The number of hydrogen-bond acceptors (Lipinski definition) is 5. The second-order valence-corrected chi connectivity index (χ2v) is 8.75. The number of amides is 2. The second-order valence-electron chi connectivity index (χ2n) is 8.75. The molecule has 0 aliphatic carbocycles. The van der Waals surface area contributed by atoms with Gasteiger partial charge in [0, 0.05) is 29.5 Å². The van der Waals surface area contributed by atoms with E-state index in [1.54, 1.807) is 36.0 Å². The molecule has 0 radical (unpaired) electrons. The Hall–Kier alpha value is -4.35. The van der Waals surface area contributed by atoms with Crippen molar-refractivity contribution in [3.05, 3.63) is 88.9 Å². The zero-order valence-electron chi connectivity index (χ0n) is 19.6. The fourth-order valence-corrected chi connectivity index (χ4v) is 4.48. The highest BCUT2D eigenvalue weighted by molar-refractivity contribution is 6.19. The molecule has 36 heavy (non-hydrogen) atoms. The van der Waals surface area contributed by atoms with Crippen LogP contribution in [0.4, 0.5) is 4.39 Å². The minimum atomic E-state index is -0.605. The lowest BCUT2D eigenvalue weighted by Crippen LogP contribution is -2.46. The number of hydrogen-bond donors (Lipinski definition) is 0. The summed E-state index contributed by atoms with van der Waals surface area (Å²) in [6, 6.07) is 17.4. The molecular formula is C28H23FN4O3. The van der Waals surface area contributed by atoms with Gasteiger partial charge in [-0.25, -0.2) is 9.07 Å². The molecule has 7 nitrogen and oxygen atoms in total. The molecule has 180 valence electrons. The van der Waals surface area contributed by atoms with Crippen molar-refractivity contribution in [2.75, 3.05) is 13.2 Å². The lowest BCUT2D eigenvalue weighted by Gasteiger charge is -2.29. The molecule has 1 fully saturated rings. The van der Waals surface area contributed by atoms with Crippen LogP contribution in [0.3, 0.4) is 0 Å².